The molecular weight excluding hydrogens is 250 g/mol. The van der Waals surface area contributed by atoms with E-state index < -0.39 is 0 Å². The Morgan fingerprint density at radius 2 is 2.10 bits per heavy atom. The largest absolute Gasteiger partial charge is 0.367 e. The molecule has 0 fully saturated rings. The molecule has 1 aromatic heterocycles. The first-order valence-corrected chi connectivity index (χ1v) is 7.18. The molecule has 1 aliphatic heterocycles. The molecule has 1 aliphatic rings. The summed E-state index contributed by atoms with van der Waals surface area (Å²) >= 11 is 0. The third-order valence-electron chi connectivity index (χ3n) is 4.03. The molecular formula is C16H21N3O. The maximum Gasteiger partial charge on any atom is 0.225 e. The maximum absolute atomic E-state index is 5.87. The van der Waals surface area contributed by atoms with E-state index in [0.717, 1.165) is 30.8 Å². The molecule has 1 unspecified atom stereocenters. The summed E-state index contributed by atoms with van der Waals surface area (Å²) in [6, 6.07) is 10.8. The van der Waals surface area contributed by atoms with Crippen molar-refractivity contribution in [3.63, 3.8) is 0 Å². The molecule has 1 atom stereocenters. The van der Waals surface area contributed by atoms with Crippen LogP contribution >= 0.6 is 0 Å². The minimum absolute atomic E-state index is 0.278. The molecule has 0 radical (unpaired) electrons. The average Bonchev–Trinajstić information content (AvgIpc) is 2.81. The van der Waals surface area contributed by atoms with Gasteiger partial charge in [0.25, 0.3) is 0 Å². The summed E-state index contributed by atoms with van der Waals surface area (Å²) in [7, 11) is 0. The molecule has 2 heterocycles. The standard InChI is InChI=1S/C16H21N3O/c1-11(2)15-14-13(16(17)20-18-14)8-9-19(15)10-12-6-4-3-5-7-12/h3-7,11,15H,8-10,17H2,1-2H3. The second-order valence-electron chi connectivity index (χ2n) is 5.81. The van der Waals surface area contributed by atoms with Crippen molar-refractivity contribution in [2.75, 3.05) is 12.3 Å². The lowest BCUT2D eigenvalue weighted by Gasteiger charge is -2.36. The van der Waals surface area contributed by atoms with Gasteiger partial charge in [0, 0.05) is 18.7 Å². The Hall–Kier alpha value is -1.81. The molecule has 0 bridgehead atoms. The summed E-state index contributed by atoms with van der Waals surface area (Å²) in [6.45, 7) is 6.39. The third-order valence-corrected chi connectivity index (χ3v) is 4.03. The van der Waals surface area contributed by atoms with Crippen LogP contribution in [0.4, 0.5) is 5.88 Å². The van der Waals surface area contributed by atoms with Gasteiger partial charge in [-0.25, -0.2) is 0 Å². The van der Waals surface area contributed by atoms with Gasteiger partial charge in [-0.1, -0.05) is 49.3 Å². The Bertz CT molecular complexity index is 577. The predicted molar refractivity (Wildman–Crippen MR) is 79.1 cm³/mol. The first kappa shape index (κ1) is 13.2. The molecule has 2 aromatic rings. The lowest BCUT2D eigenvalue weighted by molar-refractivity contribution is 0.130. The van der Waals surface area contributed by atoms with Gasteiger partial charge >= 0.3 is 0 Å². The molecule has 0 spiro atoms. The van der Waals surface area contributed by atoms with Crippen molar-refractivity contribution in [3.05, 3.63) is 47.2 Å². The topological polar surface area (TPSA) is 55.3 Å². The lowest BCUT2D eigenvalue weighted by atomic mass is 9.91. The van der Waals surface area contributed by atoms with Gasteiger partial charge in [0.1, 0.15) is 5.69 Å². The van der Waals surface area contributed by atoms with Crippen molar-refractivity contribution in [2.45, 2.75) is 32.9 Å². The summed E-state index contributed by atoms with van der Waals surface area (Å²) in [5, 5.41) is 4.21. The molecule has 4 heteroatoms. The number of fused-ring (bicyclic) bond motifs is 1. The van der Waals surface area contributed by atoms with Crippen LogP contribution in [0.15, 0.2) is 34.9 Å². The number of anilines is 1. The van der Waals surface area contributed by atoms with Gasteiger partial charge in [-0.05, 0) is 17.9 Å². The quantitative estimate of drug-likeness (QED) is 0.932. The highest BCUT2D eigenvalue weighted by atomic mass is 16.5. The molecule has 4 nitrogen and oxygen atoms in total. The summed E-state index contributed by atoms with van der Waals surface area (Å²) in [5.74, 6) is 0.965. The van der Waals surface area contributed by atoms with Gasteiger partial charge in [-0.3, -0.25) is 4.90 Å². The van der Waals surface area contributed by atoms with Crippen molar-refractivity contribution in [2.24, 2.45) is 5.92 Å². The van der Waals surface area contributed by atoms with Crippen LogP contribution in [0.3, 0.4) is 0 Å². The zero-order chi connectivity index (χ0) is 14.1. The van der Waals surface area contributed by atoms with E-state index in [-0.39, 0.29) is 6.04 Å². The third kappa shape index (κ3) is 2.31. The van der Waals surface area contributed by atoms with Crippen LogP contribution in [0, 0.1) is 5.92 Å². The Kier molecular flexibility index (Phi) is 3.49. The Morgan fingerprint density at radius 1 is 1.35 bits per heavy atom. The molecule has 106 valence electrons. The number of nitrogen functional groups attached to an aromatic ring is 1. The highest BCUT2D eigenvalue weighted by Crippen LogP contribution is 2.37. The van der Waals surface area contributed by atoms with Crippen molar-refractivity contribution in [3.8, 4) is 0 Å². The molecule has 3 rings (SSSR count). The minimum Gasteiger partial charge on any atom is -0.367 e. The van der Waals surface area contributed by atoms with Crippen molar-refractivity contribution >= 4 is 5.88 Å². The van der Waals surface area contributed by atoms with E-state index in [2.05, 4.69) is 54.2 Å². The summed E-state index contributed by atoms with van der Waals surface area (Å²) in [6.07, 6.45) is 0.917. The van der Waals surface area contributed by atoms with E-state index in [0.29, 0.717) is 11.8 Å². The van der Waals surface area contributed by atoms with Crippen LogP contribution in [-0.4, -0.2) is 16.6 Å². The molecule has 2 N–H and O–H groups in total. The highest BCUT2D eigenvalue weighted by molar-refractivity contribution is 5.42. The molecule has 20 heavy (non-hydrogen) atoms. The van der Waals surface area contributed by atoms with Gasteiger partial charge < -0.3 is 10.3 Å². The summed E-state index contributed by atoms with van der Waals surface area (Å²) < 4.78 is 5.20. The molecule has 0 amide bonds. The van der Waals surface area contributed by atoms with Gasteiger partial charge in [-0.2, -0.15) is 0 Å². The van der Waals surface area contributed by atoms with Crippen LogP contribution in [0.1, 0.15) is 36.7 Å². The highest BCUT2D eigenvalue weighted by Gasteiger charge is 2.34. The number of hydrogen-bond donors (Lipinski definition) is 1. The molecule has 0 aliphatic carbocycles. The van der Waals surface area contributed by atoms with Crippen LogP contribution < -0.4 is 5.73 Å². The van der Waals surface area contributed by atoms with Crippen LogP contribution in [-0.2, 0) is 13.0 Å². The van der Waals surface area contributed by atoms with E-state index in [1.54, 1.807) is 0 Å². The van der Waals surface area contributed by atoms with E-state index in [1.165, 1.54) is 5.56 Å². The van der Waals surface area contributed by atoms with Crippen LogP contribution in [0.5, 0.6) is 0 Å². The van der Waals surface area contributed by atoms with Crippen LogP contribution in [0.25, 0.3) is 0 Å². The second-order valence-corrected chi connectivity index (χ2v) is 5.81. The Labute approximate surface area is 119 Å². The van der Waals surface area contributed by atoms with E-state index in [1.807, 2.05) is 0 Å². The molecule has 1 aromatic carbocycles. The van der Waals surface area contributed by atoms with E-state index in [4.69, 9.17) is 10.3 Å². The van der Waals surface area contributed by atoms with Gasteiger partial charge in [0.15, 0.2) is 0 Å². The number of rotatable bonds is 3. The van der Waals surface area contributed by atoms with Crippen molar-refractivity contribution < 1.29 is 4.52 Å². The number of aromatic nitrogens is 1. The van der Waals surface area contributed by atoms with E-state index >= 15 is 0 Å². The fraction of sp³-hybridized carbons (Fsp3) is 0.438. The molecule has 0 saturated heterocycles. The number of nitrogens with two attached hydrogens (primary N) is 1. The first-order valence-electron chi connectivity index (χ1n) is 7.18. The SMILES string of the molecule is CC(C)C1c2noc(N)c2CCN1Cc1ccccc1. The monoisotopic (exact) mass is 271 g/mol. The lowest BCUT2D eigenvalue weighted by Crippen LogP contribution is -2.37. The first-order chi connectivity index (χ1) is 9.66. The number of hydrogen-bond acceptors (Lipinski definition) is 4. The molecule has 0 saturated carbocycles. The Morgan fingerprint density at radius 3 is 2.80 bits per heavy atom. The predicted octanol–water partition coefficient (Wildman–Crippen LogP) is 3.01. The minimum atomic E-state index is 0.278. The summed E-state index contributed by atoms with van der Waals surface area (Å²) in [4.78, 5) is 2.48. The number of nitrogens with zero attached hydrogens (tertiary/aromatic N) is 2. The maximum atomic E-state index is 5.87. The average molecular weight is 271 g/mol. The second kappa shape index (κ2) is 5.29. The normalized spacial score (nSPS) is 19.2. The number of benzene rings is 1. The Balaban J connectivity index is 1.89. The van der Waals surface area contributed by atoms with Gasteiger partial charge in [-0.15, -0.1) is 0 Å². The van der Waals surface area contributed by atoms with E-state index in [9.17, 15) is 0 Å². The summed E-state index contributed by atoms with van der Waals surface area (Å²) in [5.41, 5.74) is 9.34. The fourth-order valence-electron chi connectivity index (χ4n) is 3.12. The fourth-order valence-corrected chi connectivity index (χ4v) is 3.12. The van der Waals surface area contributed by atoms with Gasteiger partial charge in [0.05, 0.1) is 6.04 Å². The van der Waals surface area contributed by atoms with Crippen molar-refractivity contribution in [1.29, 1.82) is 0 Å². The van der Waals surface area contributed by atoms with Crippen LogP contribution in [0.2, 0.25) is 0 Å². The smallest absolute Gasteiger partial charge is 0.225 e. The van der Waals surface area contributed by atoms with Gasteiger partial charge in [0.2, 0.25) is 5.88 Å². The van der Waals surface area contributed by atoms with Crippen molar-refractivity contribution in [1.82, 2.24) is 10.1 Å². The zero-order valence-electron chi connectivity index (χ0n) is 12.0. The zero-order valence-corrected chi connectivity index (χ0v) is 12.0.